The monoisotopic (exact) mass is 362 g/mol. The van der Waals surface area contributed by atoms with Crippen molar-refractivity contribution in [1.82, 2.24) is 4.57 Å². The number of halogens is 2. The fourth-order valence-electron chi connectivity index (χ4n) is 2.47. The molecule has 2 aromatic carbocycles. The summed E-state index contributed by atoms with van der Waals surface area (Å²) in [6.45, 7) is 0. The first-order valence-electron chi connectivity index (χ1n) is 6.98. The van der Waals surface area contributed by atoms with Crippen LogP contribution in [0.1, 0.15) is 10.4 Å². The average Bonchev–Trinajstić information content (AvgIpc) is 2.57. The van der Waals surface area contributed by atoms with Gasteiger partial charge in [0.05, 0.1) is 21.2 Å². The van der Waals surface area contributed by atoms with Gasteiger partial charge in [0, 0.05) is 12.4 Å². The molecular weight excluding hydrogens is 351 g/mol. The van der Waals surface area contributed by atoms with Crippen molar-refractivity contribution in [3.05, 3.63) is 68.4 Å². The average molecular weight is 363 g/mol. The van der Waals surface area contributed by atoms with Gasteiger partial charge in [-0.25, -0.2) is 0 Å². The van der Waals surface area contributed by atoms with Crippen LogP contribution in [-0.2, 0) is 7.05 Å². The number of aromatic nitrogens is 1. The summed E-state index contributed by atoms with van der Waals surface area (Å²) in [5, 5.41) is 13.7. The van der Waals surface area contributed by atoms with E-state index >= 15 is 0 Å². The van der Waals surface area contributed by atoms with Crippen LogP contribution in [-0.4, -0.2) is 15.6 Å². The number of amides is 1. The molecule has 5 nitrogen and oxygen atoms in total. The largest absolute Gasteiger partial charge is 0.506 e. The number of hydrogen-bond acceptors (Lipinski definition) is 3. The van der Waals surface area contributed by atoms with Crippen LogP contribution in [0.25, 0.3) is 10.9 Å². The van der Waals surface area contributed by atoms with Crippen molar-refractivity contribution in [2.45, 2.75) is 0 Å². The molecule has 0 aliphatic carbocycles. The normalized spacial score (nSPS) is 10.8. The van der Waals surface area contributed by atoms with Crippen molar-refractivity contribution < 1.29 is 9.90 Å². The van der Waals surface area contributed by atoms with Crippen molar-refractivity contribution in [2.24, 2.45) is 7.05 Å². The van der Waals surface area contributed by atoms with Gasteiger partial charge < -0.3 is 15.0 Å². The second-order valence-corrected chi connectivity index (χ2v) is 5.95. The van der Waals surface area contributed by atoms with Crippen molar-refractivity contribution in [2.75, 3.05) is 5.32 Å². The molecule has 2 N–H and O–H groups in total. The molecule has 0 radical (unpaired) electrons. The maximum absolute atomic E-state index is 12.5. The van der Waals surface area contributed by atoms with Gasteiger partial charge in [0.15, 0.2) is 0 Å². The lowest BCUT2D eigenvalue weighted by molar-refractivity contribution is 0.102. The molecular formula is C17H12Cl2N2O3. The third-order valence-electron chi connectivity index (χ3n) is 3.70. The zero-order valence-electron chi connectivity index (χ0n) is 12.5. The summed E-state index contributed by atoms with van der Waals surface area (Å²) in [5.41, 5.74) is -0.185. The minimum atomic E-state index is -0.761. The fraction of sp³-hybridized carbons (Fsp3) is 0.0588. The van der Waals surface area contributed by atoms with Gasteiger partial charge >= 0.3 is 0 Å². The number of carbonyl (C=O) groups is 1. The maximum Gasteiger partial charge on any atom is 0.267 e. The van der Waals surface area contributed by atoms with E-state index < -0.39 is 11.5 Å². The van der Waals surface area contributed by atoms with Crippen LogP contribution in [0.3, 0.4) is 0 Å². The first-order valence-corrected chi connectivity index (χ1v) is 7.73. The summed E-state index contributed by atoms with van der Waals surface area (Å²) in [7, 11) is 1.53. The van der Waals surface area contributed by atoms with Crippen LogP contribution in [0.5, 0.6) is 5.75 Å². The number of aryl methyl sites for hydroxylation is 1. The summed E-state index contributed by atoms with van der Waals surface area (Å²) < 4.78 is 1.31. The lowest BCUT2D eigenvalue weighted by Gasteiger charge is -2.12. The van der Waals surface area contributed by atoms with Crippen molar-refractivity contribution in [1.29, 1.82) is 0 Å². The Kier molecular flexibility index (Phi) is 4.22. The number of benzene rings is 2. The summed E-state index contributed by atoms with van der Waals surface area (Å²) in [6.07, 6.45) is 0. The molecule has 0 spiro atoms. The molecule has 0 atom stereocenters. The predicted octanol–water partition coefficient (Wildman–Crippen LogP) is 3.80. The number of aromatic hydroxyl groups is 1. The van der Waals surface area contributed by atoms with Gasteiger partial charge in [-0.1, -0.05) is 41.4 Å². The Bertz CT molecular complexity index is 1030. The fourth-order valence-corrected chi connectivity index (χ4v) is 2.82. The molecule has 1 heterocycles. The highest BCUT2D eigenvalue weighted by Gasteiger charge is 2.21. The molecule has 1 amide bonds. The lowest BCUT2D eigenvalue weighted by atomic mass is 10.1. The molecule has 0 bridgehead atoms. The van der Waals surface area contributed by atoms with Crippen LogP contribution in [0.15, 0.2) is 47.3 Å². The summed E-state index contributed by atoms with van der Waals surface area (Å²) in [4.78, 5) is 25.0. The summed E-state index contributed by atoms with van der Waals surface area (Å²) >= 11 is 11.9. The minimum Gasteiger partial charge on any atom is -0.506 e. The number of nitrogens with zero attached hydrogens (tertiary/aromatic N) is 1. The molecule has 3 aromatic rings. The number of pyridine rings is 1. The standard InChI is InChI=1S/C17H12Cl2N2O3/c1-21-12-8-3-2-5-9(12)15(22)13(17(21)24)16(23)20-11-7-4-6-10(18)14(11)19/h2-8,22H,1H3,(H,20,23). The number of anilines is 1. The van der Waals surface area contributed by atoms with Gasteiger partial charge in [0.25, 0.3) is 11.5 Å². The van der Waals surface area contributed by atoms with Crippen molar-refractivity contribution in [3.63, 3.8) is 0 Å². The van der Waals surface area contributed by atoms with Crippen LogP contribution in [0.4, 0.5) is 5.69 Å². The Hall–Kier alpha value is -2.50. The van der Waals surface area contributed by atoms with Crippen LogP contribution >= 0.6 is 23.2 Å². The Balaban J connectivity index is 2.14. The number of carbonyl (C=O) groups excluding carboxylic acids is 1. The molecule has 0 unspecified atom stereocenters. The Labute approximate surface area is 147 Å². The highest BCUT2D eigenvalue weighted by Crippen LogP contribution is 2.31. The Morgan fingerprint density at radius 3 is 2.58 bits per heavy atom. The van der Waals surface area contributed by atoms with Crippen molar-refractivity contribution >= 4 is 45.7 Å². The molecule has 122 valence electrons. The minimum absolute atomic E-state index is 0.157. The maximum atomic E-state index is 12.5. The van der Waals surface area contributed by atoms with E-state index in [0.717, 1.165) is 0 Å². The number of para-hydroxylation sites is 1. The molecule has 0 aliphatic heterocycles. The molecule has 7 heteroatoms. The zero-order chi connectivity index (χ0) is 17.4. The van der Waals surface area contributed by atoms with Crippen LogP contribution in [0.2, 0.25) is 10.0 Å². The first-order chi connectivity index (χ1) is 11.4. The smallest absolute Gasteiger partial charge is 0.267 e. The number of hydrogen-bond donors (Lipinski definition) is 2. The molecule has 0 saturated heterocycles. The second kappa shape index (κ2) is 6.19. The Morgan fingerprint density at radius 2 is 1.83 bits per heavy atom. The third kappa shape index (κ3) is 2.62. The highest BCUT2D eigenvalue weighted by atomic mass is 35.5. The zero-order valence-corrected chi connectivity index (χ0v) is 14.0. The number of nitrogens with one attached hydrogen (secondary N) is 1. The van der Waals surface area contributed by atoms with Crippen LogP contribution in [0, 0.1) is 0 Å². The van der Waals surface area contributed by atoms with Crippen LogP contribution < -0.4 is 10.9 Å². The van der Waals surface area contributed by atoms with Gasteiger partial charge in [-0.15, -0.1) is 0 Å². The van der Waals surface area contributed by atoms with E-state index in [4.69, 9.17) is 23.2 Å². The quantitative estimate of drug-likeness (QED) is 0.728. The Morgan fingerprint density at radius 1 is 1.12 bits per heavy atom. The second-order valence-electron chi connectivity index (χ2n) is 5.16. The van der Waals surface area contributed by atoms with Gasteiger partial charge in [-0.05, 0) is 24.3 Å². The molecule has 0 saturated carbocycles. The van der Waals surface area contributed by atoms with E-state index in [1.54, 1.807) is 42.5 Å². The SMILES string of the molecule is Cn1c(=O)c(C(=O)Nc2cccc(Cl)c2Cl)c(O)c2ccccc21. The van der Waals surface area contributed by atoms with Gasteiger partial charge in [-0.2, -0.15) is 0 Å². The van der Waals surface area contributed by atoms with E-state index in [9.17, 15) is 14.7 Å². The number of rotatable bonds is 2. The summed E-state index contributed by atoms with van der Waals surface area (Å²) in [6, 6.07) is 11.5. The molecule has 0 aliphatic rings. The number of fused-ring (bicyclic) bond motifs is 1. The van der Waals surface area contributed by atoms with E-state index in [-0.39, 0.29) is 27.0 Å². The van der Waals surface area contributed by atoms with Crippen molar-refractivity contribution in [3.8, 4) is 5.75 Å². The van der Waals surface area contributed by atoms with E-state index in [1.807, 2.05) is 0 Å². The lowest BCUT2D eigenvalue weighted by Crippen LogP contribution is -2.28. The van der Waals surface area contributed by atoms with E-state index in [1.165, 1.54) is 11.6 Å². The summed E-state index contributed by atoms with van der Waals surface area (Å²) in [5.74, 6) is -1.13. The molecule has 3 rings (SSSR count). The third-order valence-corrected chi connectivity index (χ3v) is 4.52. The highest BCUT2D eigenvalue weighted by molar-refractivity contribution is 6.44. The molecule has 24 heavy (non-hydrogen) atoms. The van der Waals surface area contributed by atoms with Gasteiger partial charge in [0.2, 0.25) is 0 Å². The first kappa shape index (κ1) is 16.4. The van der Waals surface area contributed by atoms with Gasteiger partial charge in [-0.3, -0.25) is 9.59 Å². The van der Waals surface area contributed by atoms with E-state index in [2.05, 4.69) is 5.32 Å². The molecule has 0 fully saturated rings. The van der Waals surface area contributed by atoms with E-state index in [0.29, 0.717) is 10.9 Å². The predicted molar refractivity (Wildman–Crippen MR) is 95.3 cm³/mol. The molecule has 1 aromatic heterocycles. The van der Waals surface area contributed by atoms with Gasteiger partial charge in [0.1, 0.15) is 11.3 Å². The topological polar surface area (TPSA) is 71.3 Å².